The molecular weight excluding hydrogens is 248 g/mol. The zero-order chi connectivity index (χ0) is 13.9. The summed E-state index contributed by atoms with van der Waals surface area (Å²) in [5, 5.41) is 3.52. The van der Waals surface area contributed by atoms with Crippen molar-refractivity contribution in [3.8, 4) is 5.75 Å². The topological polar surface area (TPSA) is 34.1 Å². The number of fused-ring (bicyclic) bond motifs is 1. The maximum Gasteiger partial charge on any atom is 0.137 e. The molecule has 110 valence electrons. The van der Waals surface area contributed by atoms with Crippen molar-refractivity contribution < 1.29 is 4.74 Å². The van der Waals surface area contributed by atoms with Crippen molar-refractivity contribution in [3.05, 3.63) is 24.0 Å². The zero-order valence-electron chi connectivity index (χ0n) is 12.6. The van der Waals surface area contributed by atoms with Crippen molar-refractivity contribution in [3.63, 3.8) is 0 Å². The lowest BCUT2D eigenvalue weighted by atomic mass is 10.0. The molecule has 20 heavy (non-hydrogen) atoms. The van der Waals surface area contributed by atoms with Gasteiger partial charge < -0.3 is 10.1 Å². The molecule has 0 aromatic carbocycles. The number of aromatic nitrogens is 1. The van der Waals surface area contributed by atoms with Crippen LogP contribution in [0.1, 0.15) is 50.6 Å². The Labute approximate surface area is 122 Å². The smallest absolute Gasteiger partial charge is 0.137 e. The van der Waals surface area contributed by atoms with Gasteiger partial charge in [0.2, 0.25) is 0 Å². The molecule has 0 aliphatic heterocycles. The third-order valence-corrected chi connectivity index (χ3v) is 4.98. The number of rotatable bonds is 6. The molecule has 1 aromatic rings. The quantitative estimate of drug-likeness (QED) is 0.861. The Kier molecular flexibility index (Phi) is 4.25. The molecule has 0 radical (unpaired) electrons. The van der Waals surface area contributed by atoms with E-state index in [2.05, 4.69) is 30.3 Å². The van der Waals surface area contributed by atoms with Gasteiger partial charge in [-0.3, -0.25) is 4.98 Å². The maximum absolute atomic E-state index is 5.72. The summed E-state index contributed by atoms with van der Waals surface area (Å²) in [6.07, 6.45) is 10.6. The fraction of sp³-hybridized carbons (Fsp3) is 0.706. The van der Waals surface area contributed by atoms with Crippen molar-refractivity contribution in [1.82, 2.24) is 10.3 Å². The van der Waals surface area contributed by atoms with Gasteiger partial charge in [-0.1, -0.05) is 19.8 Å². The number of nitrogens with one attached hydrogen (secondary N) is 1. The summed E-state index contributed by atoms with van der Waals surface area (Å²) < 4.78 is 5.72. The summed E-state index contributed by atoms with van der Waals surface area (Å²) >= 11 is 0. The summed E-state index contributed by atoms with van der Waals surface area (Å²) in [4.78, 5) is 4.37. The molecule has 1 N–H and O–H groups in total. The lowest BCUT2D eigenvalue weighted by molar-refractivity contribution is 0.315. The standard InChI is InChI=1S/C17H26N2O/c1-3-8-20-13-9-12(10-19-11-13)17(18-2)16-14-6-4-5-7-15(14)16/h9-11,14-18H,3-8H2,1-2H3. The fourth-order valence-electron chi connectivity index (χ4n) is 4.03. The number of ether oxygens (including phenoxy) is 1. The Bertz CT molecular complexity index is 436. The normalized spacial score (nSPS) is 29.6. The molecule has 3 unspecified atom stereocenters. The molecule has 0 spiro atoms. The average molecular weight is 274 g/mol. The predicted octanol–water partition coefficient (Wildman–Crippen LogP) is 3.57. The van der Waals surface area contributed by atoms with Gasteiger partial charge in [-0.05, 0) is 55.7 Å². The van der Waals surface area contributed by atoms with Crippen LogP contribution in [0.15, 0.2) is 18.5 Å². The van der Waals surface area contributed by atoms with Crippen LogP contribution in [0.4, 0.5) is 0 Å². The Hall–Kier alpha value is -1.09. The van der Waals surface area contributed by atoms with Gasteiger partial charge in [0.1, 0.15) is 5.75 Å². The maximum atomic E-state index is 5.72. The van der Waals surface area contributed by atoms with E-state index in [9.17, 15) is 0 Å². The predicted molar refractivity (Wildman–Crippen MR) is 80.8 cm³/mol. The van der Waals surface area contributed by atoms with Crippen molar-refractivity contribution in [2.45, 2.75) is 45.1 Å². The van der Waals surface area contributed by atoms with Crippen LogP contribution < -0.4 is 10.1 Å². The molecule has 1 aromatic heterocycles. The summed E-state index contributed by atoms with van der Waals surface area (Å²) in [5.74, 6) is 3.61. The lowest BCUT2D eigenvalue weighted by Crippen LogP contribution is -2.20. The molecule has 3 nitrogen and oxygen atoms in total. The summed E-state index contributed by atoms with van der Waals surface area (Å²) in [5.41, 5.74) is 1.29. The molecule has 0 saturated heterocycles. The van der Waals surface area contributed by atoms with Crippen molar-refractivity contribution in [1.29, 1.82) is 0 Å². The van der Waals surface area contributed by atoms with Crippen molar-refractivity contribution in [2.24, 2.45) is 17.8 Å². The first-order chi connectivity index (χ1) is 9.85. The molecular formula is C17H26N2O. The first-order valence-corrected chi connectivity index (χ1v) is 8.10. The molecule has 2 aliphatic carbocycles. The molecule has 2 fully saturated rings. The van der Waals surface area contributed by atoms with Crippen molar-refractivity contribution in [2.75, 3.05) is 13.7 Å². The van der Waals surface area contributed by atoms with E-state index in [-0.39, 0.29) is 0 Å². The van der Waals surface area contributed by atoms with Gasteiger partial charge in [-0.2, -0.15) is 0 Å². The van der Waals surface area contributed by atoms with Gasteiger partial charge in [0, 0.05) is 12.2 Å². The number of hydrogen-bond acceptors (Lipinski definition) is 3. The Morgan fingerprint density at radius 1 is 1.30 bits per heavy atom. The lowest BCUT2D eigenvalue weighted by Gasteiger charge is -2.17. The van der Waals surface area contributed by atoms with Crippen LogP contribution in [0.3, 0.4) is 0 Å². The van der Waals surface area contributed by atoms with E-state index in [1.54, 1.807) is 0 Å². The van der Waals surface area contributed by atoms with Gasteiger partial charge >= 0.3 is 0 Å². The monoisotopic (exact) mass is 274 g/mol. The molecule has 3 atom stereocenters. The van der Waals surface area contributed by atoms with E-state index in [0.29, 0.717) is 6.04 Å². The van der Waals surface area contributed by atoms with E-state index in [0.717, 1.165) is 36.5 Å². The van der Waals surface area contributed by atoms with Gasteiger partial charge in [0.25, 0.3) is 0 Å². The summed E-state index contributed by atoms with van der Waals surface area (Å²) in [7, 11) is 2.08. The van der Waals surface area contributed by atoms with Crippen LogP contribution in [0, 0.1) is 17.8 Å². The number of pyridine rings is 1. The van der Waals surface area contributed by atoms with E-state index in [1.807, 2.05) is 12.4 Å². The minimum Gasteiger partial charge on any atom is -0.492 e. The molecule has 2 aliphatic rings. The van der Waals surface area contributed by atoms with Crippen LogP contribution in [0.25, 0.3) is 0 Å². The van der Waals surface area contributed by atoms with Crippen LogP contribution in [-0.2, 0) is 0 Å². The zero-order valence-corrected chi connectivity index (χ0v) is 12.6. The van der Waals surface area contributed by atoms with Gasteiger partial charge in [0.15, 0.2) is 0 Å². The van der Waals surface area contributed by atoms with E-state index in [1.165, 1.54) is 31.2 Å². The fourth-order valence-corrected chi connectivity index (χ4v) is 4.03. The van der Waals surface area contributed by atoms with Crippen LogP contribution in [0.2, 0.25) is 0 Å². The Balaban J connectivity index is 1.72. The third-order valence-electron chi connectivity index (χ3n) is 4.98. The van der Waals surface area contributed by atoms with E-state index in [4.69, 9.17) is 4.74 Å². The van der Waals surface area contributed by atoms with Gasteiger partial charge in [-0.15, -0.1) is 0 Å². The van der Waals surface area contributed by atoms with Crippen LogP contribution in [0.5, 0.6) is 5.75 Å². The first kappa shape index (κ1) is 13.9. The molecule has 0 amide bonds. The van der Waals surface area contributed by atoms with Crippen LogP contribution >= 0.6 is 0 Å². The van der Waals surface area contributed by atoms with Crippen LogP contribution in [-0.4, -0.2) is 18.6 Å². The molecule has 3 heteroatoms. The van der Waals surface area contributed by atoms with E-state index >= 15 is 0 Å². The molecule has 0 bridgehead atoms. The summed E-state index contributed by atoms with van der Waals surface area (Å²) in [6.45, 7) is 2.90. The largest absolute Gasteiger partial charge is 0.492 e. The van der Waals surface area contributed by atoms with Gasteiger partial charge in [0.05, 0.1) is 12.8 Å². The minimum absolute atomic E-state index is 0.445. The first-order valence-electron chi connectivity index (χ1n) is 8.10. The second kappa shape index (κ2) is 6.13. The highest BCUT2D eigenvalue weighted by atomic mass is 16.5. The molecule has 2 saturated carbocycles. The Morgan fingerprint density at radius 3 is 2.70 bits per heavy atom. The summed E-state index contributed by atoms with van der Waals surface area (Å²) in [6, 6.07) is 2.62. The SMILES string of the molecule is CCCOc1cncc(C(NC)C2C3CCCCC32)c1. The molecule has 1 heterocycles. The molecule has 3 rings (SSSR count). The third kappa shape index (κ3) is 2.69. The number of nitrogens with zero attached hydrogens (tertiary/aromatic N) is 1. The minimum atomic E-state index is 0.445. The Morgan fingerprint density at radius 2 is 2.05 bits per heavy atom. The second-order valence-corrected chi connectivity index (χ2v) is 6.26. The average Bonchev–Trinajstić information content (AvgIpc) is 3.21. The van der Waals surface area contributed by atoms with Gasteiger partial charge in [-0.25, -0.2) is 0 Å². The number of hydrogen-bond donors (Lipinski definition) is 1. The van der Waals surface area contributed by atoms with Crippen molar-refractivity contribution >= 4 is 0 Å². The van der Waals surface area contributed by atoms with E-state index < -0.39 is 0 Å². The highest BCUT2D eigenvalue weighted by Gasteiger charge is 2.54. The highest BCUT2D eigenvalue weighted by molar-refractivity contribution is 5.28. The highest BCUT2D eigenvalue weighted by Crippen LogP contribution is 2.60. The second-order valence-electron chi connectivity index (χ2n) is 6.26.